The summed E-state index contributed by atoms with van der Waals surface area (Å²) in [6.07, 6.45) is 3.84. The largest absolute Gasteiger partial charge is 0.366 e. The molecule has 0 aliphatic carbocycles. The second-order valence-electron chi connectivity index (χ2n) is 3.99. The summed E-state index contributed by atoms with van der Waals surface area (Å²) in [6, 6.07) is 4.02. The van der Waals surface area contributed by atoms with E-state index in [1.807, 2.05) is 43.2 Å². The fourth-order valence-electron chi connectivity index (χ4n) is 1.64. The second-order valence-corrected chi connectivity index (χ2v) is 3.99. The van der Waals surface area contributed by atoms with E-state index in [0.29, 0.717) is 0 Å². The maximum atomic E-state index is 4.30. The second kappa shape index (κ2) is 4.35. The minimum absolute atomic E-state index is 0.760. The Morgan fingerprint density at radius 1 is 1.38 bits per heavy atom. The van der Waals surface area contributed by atoms with Gasteiger partial charge < -0.3 is 5.32 Å². The fraction of sp³-hybridized carbons (Fsp3) is 0.333. The van der Waals surface area contributed by atoms with Crippen LogP contribution in [0.2, 0.25) is 0 Å². The Labute approximate surface area is 95.3 Å². The van der Waals surface area contributed by atoms with Gasteiger partial charge in [0.1, 0.15) is 5.82 Å². The summed E-state index contributed by atoms with van der Waals surface area (Å²) in [7, 11) is 1.93. The third kappa shape index (κ3) is 2.39. The summed E-state index contributed by atoms with van der Waals surface area (Å²) >= 11 is 0. The molecular weight excluding hydrogens is 200 g/mol. The van der Waals surface area contributed by atoms with Crippen LogP contribution in [0.3, 0.4) is 0 Å². The van der Waals surface area contributed by atoms with Gasteiger partial charge in [0.15, 0.2) is 0 Å². The lowest BCUT2D eigenvalue weighted by atomic mass is 10.2. The van der Waals surface area contributed by atoms with Gasteiger partial charge in [-0.05, 0) is 31.5 Å². The molecule has 0 saturated carbocycles. The van der Waals surface area contributed by atoms with Crippen molar-refractivity contribution in [3.05, 3.63) is 41.3 Å². The van der Waals surface area contributed by atoms with Crippen LogP contribution in [0, 0.1) is 13.8 Å². The Bertz CT molecular complexity index is 488. The fourth-order valence-corrected chi connectivity index (χ4v) is 1.64. The molecule has 2 heterocycles. The summed E-state index contributed by atoms with van der Waals surface area (Å²) in [5.41, 5.74) is 3.47. The third-order valence-corrected chi connectivity index (χ3v) is 2.49. The molecule has 2 aromatic rings. The molecule has 0 atom stereocenters. The standard InChI is InChI=1S/C12H16N4/c1-9-4-5-13-12(6-9)14-7-11-8-16(3)15-10(11)2/h4-6,8H,7H2,1-3H3,(H,13,14). The van der Waals surface area contributed by atoms with Crippen molar-refractivity contribution in [3.63, 3.8) is 0 Å². The molecule has 1 N–H and O–H groups in total. The molecule has 0 bridgehead atoms. The van der Waals surface area contributed by atoms with E-state index in [-0.39, 0.29) is 0 Å². The first-order valence-electron chi connectivity index (χ1n) is 5.31. The molecule has 16 heavy (non-hydrogen) atoms. The van der Waals surface area contributed by atoms with Crippen LogP contribution in [-0.2, 0) is 13.6 Å². The molecule has 4 heteroatoms. The number of aryl methyl sites for hydroxylation is 3. The van der Waals surface area contributed by atoms with Gasteiger partial charge in [0, 0.05) is 31.5 Å². The molecule has 0 radical (unpaired) electrons. The summed E-state index contributed by atoms with van der Waals surface area (Å²) in [4.78, 5) is 4.25. The number of anilines is 1. The van der Waals surface area contributed by atoms with E-state index in [1.54, 1.807) is 0 Å². The van der Waals surface area contributed by atoms with E-state index in [1.165, 1.54) is 11.1 Å². The van der Waals surface area contributed by atoms with Crippen LogP contribution in [0.5, 0.6) is 0 Å². The summed E-state index contributed by atoms with van der Waals surface area (Å²) < 4.78 is 1.83. The molecule has 4 nitrogen and oxygen atoms in total. The van der Waals surface area contributed by atoms with Gasteiger partial charge in [0.25, 0.3) is 0 Å². The lowest BCUT2D eigenvalue weighted by Gasteiger charge is -2.04. The number of rotatable bonds is 3. The van der Waals surface area contributed by atoms with Crippen molar-refractivity contribution in [2.24, 2.45) is 7.05 Å². The molecule has 2 rings (SSSR count). The Balaban J connectivity index is 2.05. The SMILES string of the molecule is Cc1ccnc(NCc2cn(C)nc2C)c1. The Hall–Kier alpha value is -1.84. The van der Waals surface area contributed by atoms with Crippen molar-refractivity contribution < 1.29 is 0 Å². The zero-order valence-corrected chi connectivity index (χ0v) is 9.86. The number of aromatic nitrogens is 3. The lowest BCUT2D eigenvalue weighted by Crippen LogP contribution is -2.01. The van der Waals surface area contributed by atoms with Crippen molar-refractivity contribution in [1.29, 1.82) is 0 Å². The van der Waals surface area contributed by atoms with Gasteiger partial charge in [-0.2, -0.15) is 5.10 Å². The van der Waals surface area contributed by atoms with Crippen LogP contribution in [0.4, 0.5) is 5.82 Å². The van der Waals surface area contributed by atoms with Crippen molar-refractivity contribution in [2.45, 2.75) is 20.4 Å². The molecule has 0 unspecified atom stereocenters. The Morgan fingerprint density at radius 3 is 2.81 bits per heavy atom. The highest BCUT2D eigenvalue weighted by Crippen LogP contribution is 2.09. The van der Waals surface area contributed by atoms with Crippen LogP contribution >= 0.6 is 0 Å². The van der Waals surface area contributed by atoms with Gasteiger partial charge >= 0.3 is 0 Å². The minimum Gasteiger partial charge on any atom is -0.366 e. The monoisotopic (exact) mass is 216 g/mol. The molecule has 0 amide bonds. The zero-order chi connectivity index (χ0) is 11.5. The van der Waals surface area contributed by atoms with Crippen LogP contribution in [0.15, 0.2) is 24.5 Å². The molecule has 0 aliphatic rings. The molecule has 0 fully saturated rings. The quantitative estimate of drug-likeness (QED) is 0.853. The van der Waals surface area contributed by atoms with Gasteiger partial charge in [-0.25, -0.2) is 4.98 Å². The molecule has 0 aliphatic heterocycles. The van der Waals surface area contributed by atoms with E-state index in [4.69, 9.17) is 0 Å². The van der Waals surface area contributed by atoms with Crippen molar-refractivity contribution in [1.82, 2.24) is 14.8 Å². The average molecular weight is 216 g/mol. The topological polar surface area (TPSA) is 42.7 Å². The lowest BCUT2D eigenvalue weighted by molar-refractivity contribution is 0.756. The van der Waals surface area contributed by atoms with E-state index in [0.717, 1.165) is 18.1 Å². The van der Waals surface area contributed by atoms with Gasteiger partial charge in [0.2, 0.25) is 0 Å². The number of hydrogen-bond acceptors (Lipinski definition) is 3. The molecule has 2 aromatic heterocycles. The summed E-state index contributed by atoms with van der Waals surface area (Å²) in [5, 5.41) is 7.59. The predicted molar refractivity (Wildman–Crippen MR) is 64.2 cm³/mol. The van der Waals surface area contributed by atoms with Crippen LogP contribution in [0.1, 0.15) is 16.8 Å². The third-order valence-electron chi connectivity index (χ3n) is 2.49. The van der Waals surface area contributed by atoms with Crippen LogP contribution < -0.4 is 5.32 Å². The first-order chi connectivity index (χ1) is 7.65. The van der Waals surface area contributed by atoms with Crippen molar-refractivity contribution in [2.75, 3.05) is 5.32 Å². The molecule has 0 spiro atoms. The predicted octanol–water partition coefficient (Wildman–Crippen LogP) is 2.04. The maximum Gasteiger partial charge on any atom is 0.126 e. The molecule has 0 saturated heterocycles. The number of hydrogen-bond donors (Lipinski definition) is 1. The van der Waals surface area contributed by atoms with Gasteiger partial charge in [-0.1, -0.05) is 0 Å². The van der Waals surface area contributed by atoms with Gasteiger partial charge in [-0.15, -0.1) is 0 Å². The average Bonchev–Trinajstić information content (AvgIpc) is 2.54. The summed E-state index contributed by atoms with van der Waals surface area (Å²) in [5.74, 6) is 0.906. The van der Waals surface area contributed by atoms with E-state index < -0.39 is 0 Å². The highest BCUT2D eigenvalue weighted by Gasteiger charge is 2.02. The summed E-state index contributed by atoms with van der Waals surface area (Å²) in [6.45, 7) is 4.83. The smallest absolute Gasteiger partial charge is 0.126 e. The first kappa shape index (κ1) is 10.7. The number of nitrogens with one attached hydrogen (secondary N) is 1. The molecule has 84 valence electrons. The molecular formula is C12H16N4. The Morgan fingerprint density at radius 2 is 2.19 bits per heavy atom. The van der Waals surface area contributed by atoms with E-state index >= 15 is 0 Å². The number of pyridine rings is 1. The van der Waals surface area contributed by atoms with E-state index in [9.17, 15) is 0 Å². The van der Waals surface area contributed by atoms with Crippen molar-refractivity contribution in [3.8, 4) is 0 Å². The molecule has 0 aromatic carbocycles. The normalized spacial score (nSPS) is 10.4. The first-order valence-corrected chi connectivity index (χ1v) is 5.31. The number of nitrogens with zero attached hydrogens (tertiary/aromatic N) is 3. The highest BCUT2D eigenvalue weighted by atomic mass is 15.3. The van der Waals surface area contributed by atoms with Crippen molar-refractivity contribution >= 4 is 5.82 Å². The Kier molecular flexibility index (Phi) is 2.90. The van der Waals surface area contributed by atoms with Crippen LogP contribution in [0.25, 0.3) is 0 Å². The minimum atomic E-state index is 0.760. The van der Waals surface area contributed by atoms with Gasteiger partial charge in [-0.3, -0.25) is 4.68 Å². The van der Waals surface area contributed by atoms with E-state index in [2.05, 4.69) is 22.3 Å². The zero-order valence-electron chi connectivity index (χ0n) is 9.86. The maximum absolute atomic E-state index is 4.30. The van der Waals surface area contributed by atoms with Crippen LogP contribution in [-0.4, -0.2) is 14.8 Å². The van der Waals surface area contributed by atoms with Gasteiger partial charge in [0.05, 0.1) is 5.69 Å². The highest BCUT2D eigenvalue weighted by molar-refractivity contribution is 5.38.